The van der Waals surface area contributed by atoms with Crippen molar-refractivity contribution in [3.05, 3.63) is 40.8 Å². The van der Waals surface area contributed by atoms with E-state index < -0.39 is 0 Å². The van der Waals surface area contributed by atoms with Gasteiger partial charge in [-0.15, -0.1) is 0 Å². The second kappa shape index (κ2) is 5.75. The van der Waals surface area contributed by atoms with Crippen molar-refractivity contribution < 1.29 is 10.2 Å². The van der Waals surface area contributed by atoms with Gasteiger partial charge in [-0.2, -0.15) is 0 Å². The van der Waals surface area contributed by atoms with Gasteiger partial charge in [-0.05, 0) is 31.0 Å². The van der Waals surface area contributed by atoms with Crippen LogP contribution < -0.4 is 5.32 Å². The largest absolute Gasteiger partial charge is 0.504 e. The molecule has 0 aliphatic heterocycles. The lowest BCUT2D eigenvalue weighted by Crippen LogP contribution is -2.07. The van der Waals surface area contributed by atoms with Gasteiger partial charge in [-0.25, -0.2) is 9.97 Å². The van der Waals surface area contributed by atoms with E-state index in [1.165, 1.54) is 12.1 Å². The molecule has 0 saturated carbocycles. The molecule has 0 atom stereocenters. The van der Waals surface area contributed by atoms with E-state index in [1.54, 1.807) is 19.1 Å². The van der Waals surface area contributed by atoms with Crippen molar-refractivity contribution in [3.8, 4) is 11.5 Å². The molecule has 1 aromatic carbocycles. The molecule has 1 heterocycles. The van der Waals surface area contributed by atoms with Crippen LogP contribution in [0.25, 0.3) is 0 Å². The molecule has 0 amide bonds. The highest BCUT2D eigenvalue weighted by atomic mass is 35.5. The Kier molecular flexibility index (Phi) is 4.06. The lowest BCUT2D eigenvalue weighted by Gasteiger charge is -2.07. The fourth-order valence-electron chi connectivity index (χ4n) is 1.68. The Balaban J connectivity index is 1.94. The Labute approximate surface area is 115 Å². The van der Waals surface area contributed by atoms with Gasteiger partial charge in [-0.3, -0.25) is 0 Å². The van der Waals surface area contributed by atoms with Crippen LogP contribution in [0.2, 0.25) is 5.15 Å². The van der Waals surface area contributed by atoms with E-state index in [0.29, 0.717) is 29.8 Å². The summed E-state index contributed by atoms with van der Waals surface area (Å²) in [6, 6.07) is 6.42. The number of benzene rings is 1. The summed E-state index contributed by atoms with van der Waals surface area (Å²) in [6.07, 6.45) is 0.689. The molecule has 2 rings (SSSR count). The summed E-state index contributed by atoms with van der Waals surface area (Å²) in [7, 11) is 0. The van der Waals surface area contributed by atoms with Crippen molar-refractivity contribution in [2.45, 2.75) is 13.3 Å². The van der Waals surface area contributed by atoms with Gasteiger partial charge in [0.2, 0.25) is 0 Å². The number of anilines is 1. The van der Waals surface area contributed by atoms with Crippen molar-refractivity contribution >= 4 is 17.4 Å². The smallest absolute Gasteiger partial charge is 0.157 e. The minimum atomic E-state index is -0.116. The quantitative estimate of drug-likeness (QED) is 0.592. The molecule has 100 valence electrons. The third-order valence-corrected chi connectivity index (χ3v) is 2.76. The van der Waals surface area contributed by atoms with Gasteiger partial charge in [0.15, 0.2) is 11.5 Å². The Bertz CT molecular complexity index is 570. The van der Waals surface area contributed by atoms with Crippen LogP contribution in [-0.4, -0.2) is 26.7 Å². The first-order valence-corrected chi connectivity index (χ1v) is 6.18. The molecule has 19 heavy (non-hydrogen) atoms. The number of halogens is 1. The van der Waals surface area contributed by atoms with Gasteiger partial charge in [0, 0.05) is 12.6 Å². The van der Waals surface area contributed by atoms with E-state index >= 15 is 0 Å². The molecule has 0 spiro atoms. The predicted molar refractivity (Wildman–Crippen MR) is 73.7 cm³/mol. The maximum atomic E-state index is 9.38. The van der Waals surface area contributed by atoms with E-state index in [2.05, 4.69) is 15.3 Å². The lowest BCUT2D eigenvalue weighted by atomic mass is 10.1. The van der Waals surface area contributed by atoms with E-state index in [9.17, 15) is 10.2 Å². The van der Waals surface area contributed by atoms with E-state index in [1.807, 2.05) is 0 Å². The maximum absolute atomic E-state index is 9.38. The SMILES string of the molecule is Cc1nc(Cl)cc(NCCc2ccc(O)c(O)c2)n1. The van der Waals surface area contributed by atoms with Crippen LogP contribution >= 0.6 is 11.6 Å². The van der Waals surface area contributed by atoms with Gasteiger partial charge in [0.25, 0.3) is 0 Å². The Hall–Kier alpha value is -2.01. The third-order valence-electron chi connectivity index (χ3n) is 2.57. The fourth-order valence-corrected chi connectivity index (χ4v) is 1.91. The number of hydrogen-bond acceptors (Lipinski definition) is 5. The van der Waals surface area contributed by atoms with Gasteiger partial charge >= 0.3 is 0 Å². The molecule has 0 aliphatic rings. The Morgan fingerprint density at radius 3 is 2.63 bits per heavy atom. The zero-order valence-electron chi connectivity index (χ0n) is 10.4. The van der Waals surface area contributed by atoms with Crippen molar-refractivity contribution in [1.29, 1.82) is 0 Å². The first kappa shape index (κ1) is 13.4. The van der Waals surface area contributed by atoms with Crippen molar-refractivity contribution in [1.82, 2.24) is 9.97 Å². The fraction of sp³-hybridized carbons (Fsp3) is 0.231. The molecule has 2 aromatic rings. The van der Waals surface area contributed by atoms with Crippen LogP contribution in [0.5, 0.6) is 11.5 Å². The van der Waals surface area contributed by atoms with Crippen LogP contribution in [-0.2, 0) is 6.42 Å². The summed E-state index contributed by atoms with van der Waals surface area (Å²) in [5, 5.41) is 22.1. The highest BCUT2D eigenvalue weighted by molar-refractivity contribution is 6.29. The van der Waals surface area contributed by atoms with Crippen molar-refractivity contribution in [2.24, 2.45) is 0 Å². The topological polar surface area (TPSA) is 78.3 Å². The van der Waals surface area contributed by atoms with Crippen molar-refractivity contribution in [3.63, 3.8) is 0 Å². The molecule has 6 heteroatoms. The van der Waals surface area contributed by atoms with Crippen molar-refractivity contribution in [2.75, 3.05) is 11.9 Å². The molecule has 0 saturated heterocycles. The Morgan fingerprint density at radius 2 is 1.95 bits per heavy atom. The minimum absolute atomic E-state index is 0.113. The van der Waals surface area contributed by atoms with Gasteiger partial charge < -0.3 is 15.5 Å². The second-order valence-electron chi connectivity index (χ2n) is 4.12. The van der Waals surface area contributed by atoms with Crippen LogP contribution in [0.3, 0.4) is 0 Å². The van der Waals surface area contributed by atoms with Gasteiger partial charge in [0.05, 0.1) is 0 Å². The standard InChI is InChI=1S/C13H14ClN3O2/c1-8-16-12(14)7-13(17-8)15-5-4-9-2-3-10(18)11(19)6-9/h2-3,6-7,18-19H,4-5H2,1H3,(H,15,16,17). The van der Waals surface area contributed by atoms with Crippen LogP contribution in [0.15, 0.2) is 24.3 Å². The number of phenols is 2. The molecule has 3 N–H and O–H groups in total. The van der Waals surface area contributed by atoms with Crippen LogP contribution in [0, 0.1) is 6.92 Å². The molecular weight excluding hydrogens is 266 g/mol. The number of nitrogens with zero attached hydrogens (tertiary/aromatic N) is 2. The normalized spacial score (nSPS) is 10.4. The first-order chi connectivity index (χ1) is 9.04. The number of rotatable bonds is 4. The summed E-state index contributed by atoms with van der Waals surface area (Å²) in [6.45, 7) is 2.41. The summed E-state index contributed by atoms with van der Waals surface area (Å²) in [5.41, 5.74) is 0.916. The molecule has 5 nitrogen and oxygen atoms in total. The number of aryl methyl sites for hydroxylation is 1. The molecule has 0 fully saturated rings. The summed E-state index contributed by atoms with van der Waals surface area (Å²) in [4.78, 5) is 8.18. The Morgan fingerprint density at radius 1 is 1.16 bits per heavy atom. The average molecular weight is 280 g/mol. The first-order valence-electron chi connectivity index (χ1n) is 5.80. The molecule has 0 aliphatic carbocycles. The number of aromatic hydroxyl groups is 2. The van der Waals surface area contributed by atoms with Crippen LogP contribution in [0.4, 0.5) is 5.82 Å². The lowest BCUT2D eigenvalue weighted by molar-refractivity contribution is 0.403. The highest BCUT2D eigenvalue weighted by Gasteiger charge is 2.02. The molecule has 1 aromatic heterocycles. The van der Waals surface area contributed by atoms with E-state index in [0.717, 1.165) is 5.56 Å². The van der Waals surface area contributed by atoms with E-state index in [4.69, 9.17) is 11.6 Å². The monoisotopic (exact) mass is 279 g/mol. The maximum Gasteiger partial charge on any atom is 0.157 e. The number of aromatic nitrogens is 2. The van der Waals surface area contributed by atoms with Gasteiger partial charge in [0.1, 0.15) is 16.8 Å². The highest BCUT2D eigenvalue weighted by Crippen LogP contribution is 2.25. The molecular formula is C13H14ClN3O2. The summed E-state index contributed by atoms with van der Waals surface area (Å²) in [5.74, 6) is 1.05. The molecule has 0 unspecified atom stereocenters. The number of hydrogen-bond donors (Lipinski definition) is 3. The minimum Gasteiger partial charge on any atom is -0.504 e. The van der Waals surface area contributed by atoms with E-state index in [-0.39, 0.29) is 11.5 Å². The molecule has 0 radical (unpaired) electrons. The zero-order chi connectivity index (χ0) is 13.8. The van der Waals surface area contributed by atoms with Crippen LogP contribution in [0.1, 0.15) is 11.4 Å². The summed E-state index contributed by atoms with van der Waals surface area (Å²) >= 11 is 5.83. The predicted octanol–water partition coefficient (Wildman–Crippen LogP) is 2.50. The second-order valence-corrected chi connectivity index (χ2v) is 4.51. The molecule has 0 bridgehead atoms. The third kappa shape index (κ3) is 3.72. The number of phenolic OH excluding ortho intramolecular Hbond substituents is 2. The zero-order valence-corrected chi connectivity index (χ0v) is 11.1. The average Bonchev–Trinajstić information content (AvgIpc) is 2.32. The van der Waals surface area contributed by atoms with Gasteiger partial charge in [-0.1, -0.05) is 17.7 Å². The summed E-state index contributed by atoms with van der Waals surface area (Å²) < 4.78 is 0. The number of nitrogens with one attached hydrogen (secondary N) is 1.